The summed E-state index contributed by atoms with van der Waals surface area (Å²) in [5.74, 6) is -1.06. The Kier molecular flexibility index (Phi) is 3.14. The van der Waals surface area contributed by atoms with Crippen molar-refractivity contribution in [1.29, 1.82) is 0 Å². The van der Waals surface area contributed by atoms with Crippen LogP contribution in [0.3, 0.4) is 0 Å². The summed E-state index contributed by atoms with van der Waals surface area (Å²) >= 11 is 0. The van der Waals surface area contributed by atoms with Crippen LogP contribution in [0.5, 0.6) is 0 Å². The van der Waals surface area contributed by atoms with Gasteiger partial charge in [0.25, 0.3) is 0 Å². The van der Waals surface area contributed by atoms with Crippen molar-refractivity contribution in [2.45, 2.75) is 19.7 Å². The molecule has 0 bridgehead atoms. The number of halogens is 3. The molecule has 6 heteroatoms. The molecule has 60 valence electrons. The summed E-state index contributed by atoms with van der Waals surface area (Å²) in [6.45, 7) is 1.35. The second-order valence-electron chi connectivity index (χ2n) is 1.34. The second kappa shape index (κ2) is 3.40. The molecular formula is C4H5F3O3. The summed E-state index contributed by atoms with van der Waals surface area (Å²) in [6.07, 6.45) is -5.07. The SMILES string of the molecule is CCC(=O)OOC(F)(F)F. The fourth-order valence-corrected chi connectivity index (χ4v) is 0.153. The van der Waals surface area contributed by atoms with Crippen LogP contribution < -0.4 is 0 Å². The van der Waals surface area contributed by atoms with E-state index in [0.717, 1.165) is 0 Å². The zero-order valence-electron chi connectivity index (χ0n) is 5.07. The molecule has 0 aliphatic heterocycles. The summed E-state index contributed by atoms with van der Waals surface area (Å²) in [5, 5.41) is 0. The Morgan fingerprint density at radius 1 is 1.50 bits per heavy atom. The molecule has 0 spiro atoms. The van der Waals surface area contributed by atoms with Crippen molar-refractivity contribution in [1.82, 2.24) is 0 Å². The normalized spacial score (nSPS) is 11.2. The number of hydrogen-bond acceptors (Lipinski definition) is 3. The average molecular weight is 158 g/mol. The molecule has 0 saturated carbocycles. The highest BCUT2D eigenvalue weighted by Crippen LogP contribution is 2.16. The Bertz CT molecular complexity index is 119. The molecule has 0 heterocycles. The maximum Gasteiger partial charge on any atom is 0.558 e. The van der Waals surface area contributed by atoms with Gasteiger partial charge in [0, 0.05) is 6.42 Å². The molecule has 0 aliphatic carbocycles. The lowest BCUT2D eigenvalue weighted by atomic mass is 10.5. The van der Waals surface area contributed by atoms with Gasteiger partial charge in [-0.15, -0.1) is 13.2 Å². The Morgan fingerprint density at radius 3 is 2.30 bits per heavy atom. The largest absolute Gasteiger partial charge is 0.558 e. The van der Waals surface area contributed by atoms with Crippen molar-refractivity contribution >= 4 is 5.97 Å². The van der Waals surface area contributed by atoms with Crippen LogP contribution in [0.15, 0.2) is 0 Å². The summed E-state index contributed by atoms with van der Waals surface area (Å²) in [5.41, 5.74) is 0. The Morgan fingerprint density at radius 2 is 2.00 bits per heavy atom. The molecule has 0 fully saturated rings. The molecule has 10 heavy (non-hydrogen) atoms. The van der Waals surface area contributed by atoms with E-state index in [2.05, 4.69) is 9.78 Å². The lowest BCUT2D eigenvalue weighted by Crippen LogP contribution is -2.16. The Hall–Kier alpha value is -0.780. The van der Waals surface area contributed by atoms with E-state index >= 15 is 0 Å². The summed E-state index contributed by atoms with van der Waals surface area (Å²) in [4.78, 5) is 16.0. The first-order chi connectivity index (χ1) is 4.45. The number of alkyl halides is 3. The minimum Gasteiger partial charge on any atom is -0.290 e. The van der Waals surface area contributed by atoms with E-state index in [-0.39, 0.29) is 6.42 Å². The number of carbonyl (C=O) groups excluding carboxylic acids is 1. The molecule has 3 nitrogen and oxygen atoms in total. The summed E-state index contributed by atoms with van der Waals surface area (Å²) in [6, 6.07) is 0. The molecule has 0 radical (unpaired) electrons. The number of hydrogen-bond donors (Lipinski definition) is 0. The van der Waals surface area contributed by atoms with Crippen LogP contribution in [-0.2, 0) is 14.6 Å². The maximum absolute atomic E-state index is 11.1. The quantitative estimate of drug-likeness (QED) is 0.450. The van der Waals surface area contributed by atoms with Crippen LogP contribution in [0.2, 0.25) is 0 Å². The predicted octanol–water partition coefficient (Wildman–Crippen LogP) is 1.39. The van der Waals surface area contributed by atoms with Crippen molar-refractivity contribution in [2.75, 3.05) is 0 Å². The van der Waals surface area contributed by atoms with Gasteiger partial charge in [0.2, 0.25) is 0 Å². The summed E-state index contributed by atoms with van der Waals surface area (Å²) < 4.78 is 33.2. The van der Waals surface area contributed by atoms with Gasteiger partial charge >= 0.3 is 12.3 Å². The first-order valence-electron chi connectivity index (χ1n) is 2.41. The Labute approximate surface area is 54.6 Å². The first-order valence-corrected chi connectivity index (χ1v) is 2.41. The minimum atomic E-state index is -4.91. The van der Waals surface area contributed by atoms with Gasteiger partial charge in [-0.3, -0.25) is 4.89 Å². The van der Waals surface area contributed by atoms with Crippen LogP contribution >= 0.6 is 0 Å². The van der Waals surface area contributed by atoms with Crippen LogP contribution in [0.4, 0.5) is 13.2 Å². The fourth-order valence-electron chi connectivity index (χ4n) is 0.153. The molecule has 0 aromatic carbocycles. The van der Waals surface area contributed by atoms with E-state index in [0.29, 0.717) is 0 Å². The van der Waals surface area contributed by atoms with Crippen molar-refractivity contribution < 1.29 is 27.7 Å². The smallest absolute Gasteiger partial charge is 0.290 e. The zero-order valence-corrected chi connectivity index (χ0v) is 5.07. The van der Waals surface area contributed by atoms with E-state index in [1.807, 2.05) is 0 Å². The first kappa shape index (κ1) is 9.22. The second-order valence-corrected chi connectivity index (χ2v) is 1.34. The third-order valence-electron chi connectivity index (χ3n) is 0.518. The van der Waals surface area contributed by atoms with Gasteiger partial charge in [0.15, 0.2) is 0 Å². The average Bonchev–Trinajstić information content (AvgIpc) is 1.81. The zero-order chi connectivity index (χ0) is 8.20. The fraction of sp³-hybridized carbons (Fsp3) is 0.750. The molecule has 0 unspecified atom stereocenters. The van der Waals surface area contributed by atoms with Gasteiger partial charge in [0.05, 0.1) is 0 Å². The van der Waals surface area contributed by atoms with Gasteiger partial charge in [-0.25, -0.2) is 4.79 Å². The van der Waals surface area contributed by atoms with Gasteiger partial charge in [0.1, 0.15) is 0 Å². The van der Waals surface area contributed by atoms with E-state index < -0.39 is 12.3 Å². The highest BCUT2D eigenvalue weighted by molar-refractivity contribution is 5.68. The highest BCUT2D eigenvalue weighted by atomic mass is 19.4. The van der Waals surface area contributed by atoms with Gasteiger partial charge < -0.3 is 0 Å². The van der Waals surface area contributed by atoms with Crippen molar-refractivity contribution in [3.63, 3.8) is 0 Å². The third kappa shape index (κ3) is 5.36. The lowest BCUT2D eigenvalue weighted by Gasteiger charge is -2.03. The lowest BCUT2D eigenvalue weighted by molar-refractivity contribution is -0.462. The summed E-state index contributed by atoms with van der Waals surface area (Å²) in [7, 11) is 0. The molecular weight excluding hydrogens is 153 g/mol. The highest BCUT2D eigenvalue weighted by Gasteiger charge is 2.32. The van der Waals surface area contributed by atoms with E-state index in [1.165, 1.54) is 6.92 Å². The van der Waals surface area contributed by atoms with Crippen LogP contribution in [-0.4, -0.2) is 12.3 Å². The van der Waals surface area contributed by atoms with Gasteiger partial charge in [-0.05, 0) is 0 Å². The molecule has 0 aromatic rings. The predicted molar refractivity (Wildman–Crippen MR) is 23.5 cm³/mol. The molecule has 0 aromatic heterocycles. The standard InChI is InChI=1S/C4H5F3O3/c1-2-3(8)9-10-4(5,6)7/h2H2,1H3. The molecule has 0 aliphatic rings. The van der Waals surface area contributed by atoms with Crippen molar-refractivity contribution in [3.8, 4) is 0 Å². The van der Waals surface area contributed by atoms with Crippen LogP contribution in [0.1, 0.15) is 13.3 Å². The van der Waals surface area contributed by atoms with Crippen LogP contribution in [0, 0.1) is 0 Å². The van der Waals surface area contributed by atoms with E-state index in [9.17, 15) is 18.0 Å². The van der Waals surface area contributed by atoms with Crippen molar-refractivity contribution in [3.05, 3.63) is 0 Å². The van der Waals surface area contributed by atoms with E-state index in [4.69, 9.17) is 0 Å². The number of rotatable bonds is 2. The number of carbonyl (C=O) groups is 1. The van der Waals surface area contributed by atoms with Gasteiger partial charge in [-0.2, -0.15) is 0 Å². The van der Waals surface area contributed by atoms with Crippen LogP contribution in [0.25, 0.3) is 0 Å². The molecule has 0 amide bonds. The molecule has 0 saturated heterocycles. The Balaban J connectivity index is 3.46. The molecule has 0 N–H and O–H groups in total. The maximum atomic E-state index is 11.1. The topological polar surface area (TPSA) is 35.5 Å². The monoisotopic (exact) mass is 158 g/mol. The molecule has 0 rings (SSSR count). The third-order valence-corrected chi connectivity index (χ3v) is 0.518. The minimum absolute atomic E-state index is 0.157. The van der Waals surface area contributed by atoms with Crippen molar-refractivity contribution in [2.24, 2.45) is 0 Å². The molecule has 0 atom stereocenters. The van der Waals surface area contributed by atoms with Gasteiger partial charge in [-0.1, -0.05) is 11.8 Å². The van der Waals surface area contributed by atoms with E-state index in [1.54, 1.807) is 0 Å².